The molecule has 0 unspecified atom stereocenters. The third-order valence-corrected chi connectivity index (χ3v) is 3.10. The summed E-state index contributed by atoms with van der Waals surface area (Å²) in [6, 6.07) is 6.84. The molecule has 4 N–H and O–H groups in total. The number of carbonyl (C=O) groups excluding carboxylic acids is 2. The minimum atomic E-state index is -0.687. The monoisotopic (exact) mass is 313 g/mol. The number of rotatable bonds is 6. The van der Waals surface area contributed by atoms with Crippen LogP contribution < -0.4 is 21.1 Å². The summed E-state index contributed by atoms with van der Waals surface area (Å²) in [4.78, 5) is 23.0. The zero-order valence-corrected chi connectivity index (χ0v) is 12.7. The van der Waals surface area contributed by atoms with E-state index in [9.17, 15) is 9.59 Å². The summed E-state index contributed by atoms with van der Waals surface area (Å²) in [5, 5.41) is 5.40. The summed E-state index contributed by atoms with van der Waals surface area (Å²) < 4.78 is 5.31. The topological polar surface area (TPSA) is 93.5 Å². The number of benzene rings is 1. The van der Waals surface area contributed by atoms with Gasteiger partial charge in [0.15, 0.2) is 6.61 Å². The quantitative estimate of drug-likeness (QED) is 0.732. The van der Waals surface area contributed by atoms with Crippen LogP contribution in [0.4, 0.5) is 5.69 Å². The maximum atomic E-state index is 11.7. The lowest BCUT2D eigenvalue weighted by Crippen LogP contribution is -2.37. The van der Waals surface area contributed by atoms with E-state index in [2.05, 4.69) is 10.6 Å². The molecule has 0 atom stereocenters. The van der Waals surface area contributed by atoms with Gasteiger partial charge >= 0.3 is 0 Å². The fraction of sp³-hybridized carbons (Fsp3) is 0.429. The molecule has 7 heteroatoms. The number of nitrogens with one attached hydrogen (secondary N) is 2. The van der Waals surface area contributed by atoms with Crippen molar-refractivity contribution in [1.29, 1.82) is 0 Å². The second-order valence-corrected chi connectivity index (χ2v) is 4.88. The maximum absolute atomic E-state index is 11.7. The molecule has 0 bridgehead atoms. The molecule has 6 nitrogen and oxygen atoms in total. The Morgan fingerprint density at radius 2 is 1.90 bits per heavy atom. The maximum Gasteiger partial charge on any atom is 0.257 e. The van der Waals surface area contributed by atoms with Gasteiger partial charge in [0.25, 0.3) is 5.91 Å². The Kier molecular flexibility index (Phi) is 5.99. The van der Waals surface area contributed by atoms with Crippen LogP contribution in [0.15, 0.2) is 24.3 Å². The Hall–Kier alpha value is -1.79. The number of hydrogen-bond donors (Lipinski definition) is 3. The van der Waals surface area contributed by atoms with E-state index < -0.39 is 5.54 Å². The zero-order valence-electron chi connectivity index (χ0n) is 11.8. The average Bonchev–Trinajstić information content (AvgIpc) is 3.18. The molecule has 116 valence electrons. The lowest BCUT2D eigenvalue weighted by atomic mass is 10.2. The van der Waals surface area contributed by atoms with Crippen molar-refractivity contribution < 1.29 is 14.3 Å². The number of anilines is 1. The number of amides is 2. The largest absolute Gasteiger partial charge is 0.484 e. The molecule has 1 fully saturated rings. The van der Waals surface area contributed by atoms with Crippen molar-refractivity contribution in [3.63, 3.8) is 0 Å². The molecule has 1 aromatic carbocycles. The first kappa shape index (κ1) is 17.3. The average molecular weight is 314 g/mol. The van der Waals surface area contributed by atoms with Crippen molar-refractivity contribution in [2.75, 3.05) is 18.5 Å². The van der Waals surface area contributed by atoms with Crippen molar-refractivity contribution in [1.82, 2.24) is 5.32 Å². The fourth-order valence-corrected chi connectivity index (χ4v) is 1.65. The standard InChI is InChI=1S/C14H19N3O3.ClH/c1-2-16-12(18)9-20-11-5-3-10(4-6-11)17-13(19)14(15)7-8-14;/h3-6H,2,7-9,15H2,1H3,(H,16,18)(H,17,19);1H. The van der Waals surface area contributed by atoms with Crippen LogP contribution in [0.1, 0.15) is 19.8 Å². The summed E-state index contributed by atoms with van der Waals surface area (Å²) in [6.07, 6.45) is 1.46. The van der Waals surface area contributed by atoms with Gasteiger partial charge in [0, 0.05) is 12.2 Å². The lowest BCUT2D eigenvalue weighted by molar-refractivity contribution is -0.123. The van der Waals surface area contributed by atoms with E-state index in [1.54, 1.807) is 24.3 Å². The van der Waals surface area contributed by atoms with Crippen LogP contribution >= 0.6 is 12.4 Å². The van der Waals surface area contributed by atoms with Gasteiger partial charge in [0.2, 0.25) is 5.91 Å². The van der Waals surface area contributed by atoms with E-state index in [0.717, 1.165) is 12.8 Å². The van der Waals surface area contributed by atoms with Crippen LogP contribution in [-0.2, 0) is 9.59 Å². The predicted molar refractivity (Wildman–Crippen MR) is 82.7 cm³/mol. The molecule has 0 radical (unpaired) electrons. The molecule has 0 heterocycles. The first-order valence-electron chi connectivity index (χ1n) is 6.63. The molecule has 0 aromatic heterocycles. The molecule has 0 spiro atoms. The van der Waals surface area contributed by atoms with E-state index in [1.807, 2.05) is 6.92 Å². The van der Waals surface area contributed by atoms with Gasteiger partial charge in [-0.2, -0.15) is 0 Å². The number of hydrogen-bond acceptors (Lipinski definition) is 4. The summed E-state index contributed by atoms with van der Waals surface area (Å²) >= 11 is 0. The van der Waals surface area contributed by atoms with E-state index in [0.29, 0.717) is 18.0 Å². The highest BCUT2D eigenvalue weighted by atomic mass is 35.5. The molecule has 1 saturated carbocycles. The second kappa shape index (κ2) is 7.28. The van der Waals surface area contributed by atoms with Crippen LogP contribution in [-0.4, -0.2) is 30.5 Å². The highest BCUT2D eigenvalue weighted by Gasteiger charge is 2.45. The molecule has 1 aromatic rings. The summed E-state index contributed by atoms with van der Waals surface area (Å²) in [5.74, 6) is 0.250. The second-order valence-electron chi connectivity index (χ2n) is 4.88. The Labute approximate surface area is 129 Å². The first-order valence-corrected chi connectivity index (χ1v) is 6.63. The minimum Gasteiger partial charge on any atom is -0.484 e. The predicted octanol–water partition coefficient (Wildman–Crippen LogP) is 1.05. The first-order chi connectivity index (χ1) is 9.53. The SMILES string of the molecule is CCNC(=O)COc1ccc(NC(=O)C2(N)CC2)cc1.Cl. The number of likely N-dealkylation sites (N-methyl/N-ethyl adjacent to an activating group) is 1. The minimum absolute atomic E-state index is 0. The van der Waals surface area contributed by atoms with Crippen molar-refractivity contribution in [2.24, 2.45) is 5.73 Å². The van der Waals surface area contributed by atoms with Gasteiger partial charge in [0.1, 0.15) is 5.75 Å². The highest BCUT2D eigenvalue weighted by Crippen LogP contribution is 2.33. The van der Waals surface area contributed by atoms with Crippen LogP contribution in [0.3, 0.4) is 0 Å². The van der Waals surface area contributed by atoms with Gasteiger partial charge in [-0.25, -0.2) is 0 Å². The number of halogens is 1. The Morgan fingerprint density at radius 1 is 1.29 bits per heavy atom. The number of ether oxygens (including phenoxy) is 1. The normalized spacial score (nSPS) is 14.6. The summed E-state index contributed by atoms with van der Waals surface area (Å²) in [6.45, 7) is 2.40. The van der Waals surface area contributed by atoms with Crippen molar-refractivity contribution >= 4 is 29.9 Å². The third-order valence-electron chi connectivity index (χ3n) is 3.10. The van der Waals surface area contributed by atoms with Gasteiger partial charge in [-0.3, -0.25) is 9.59 Å². The Balaban J connectivity index is 0.00000220. The van der Waals surface area contributed by atoms with Crippen LogP contribution in [0.2, 0.25) is 0 Å². The highest BCUT2D eigenvalue weighted by molar-refractivity contribution is 6.00. The zero-order chi connectivity index (χ0) is 14.6. The van der Waals surface area contributed by atoms with Crippen LogP contribution in [0.25, 0.3) is 0 Å². The van der Waals surface area contributed by atoms with Crippen molar-refractivity contribution in [3.05, 3.63) is 24.3 Å². The summed E-state index contributed by atoms with van der Waals surface area (Å²) in [5.41, 5.74) is 5.77. The molecule has 2 amide bonds. The van der Waals surface area contributed by atoms with Gasteiger partial charge in [-0.15, -0.1) is 12.4 Å². The van der Waals surface area contributed by atoms with Gasteiger partial charge in [-0.05, 0) is 44.0 Å². The van der Waals surface area contributed by atoms with Gasteiger partial charge < -0.3 is 21.1 Å². The molecule has 0 aliphatic heterocycles. The number of carbonyl (C=O) groups is 2. The van der Waals surface area contributed by atoms with Crippen molar-refractivity contribution in [3.8, 4) is 5.75 Å². The lowest BCUT2D eigenvalue weighted by Gasteiger charge is -2.11. The Bertz CT molecular complexity index is 501. The van der Waals surface area contributed by atoms with E-state index in [1.165, 1.54) is 0 Å². The van der Waals surface area contributed by atoms with Gasteiger partial charge in [0.05, 0.1) is 5.54 Å². The van der Waals surface area contributed by atoms with E-state index >= 15 is 0 Å². The third kappa shape index (κ3) is 4.91. The fourth-order valence-electron chi connectivity index (χ4n) is 1.65. The summed E-state index contributed by atoms with van der Waals surface area (Å²) in [7, 11) is 0. The molecule has 21 heavy (non-hydrogen) atoms. The number of nitrogens with two attached hydrogens (primary N) is 1. The molecule has 1 aliphatic rings. The van der Waals surface area contributed by atoms with Gasteiger partial charge in [-0.1, -0.05) is 0 Å². The van der Waals surface area contributed by atoms with Crippen LogP contribution in [0, 0.1) is 0 Å². The van der Waals surface area contributed by atoms with Crippen molar-refractivity contribution in [2.45, 2.75) is 25.3 Å². The smallest absolute Gasteiger partial charge is 0.257 e. The molecular formula is C14H20ClN3O3. The molecule has 2 rings (SSSR count). The molecular weight excluding hydrogens is 294 g/mol. The van der Waals surface area contributed by atoms with Crippen LogP contribution in [0.5, 0.6) is 5.75 Å². The molecule has 1 aliphatic carbocycles. The molecule has 0 saturated heterocycles. The van der Waals surface area contributed by atoms with E-state index in [4.69, 9.17) is 10.5 Å². The Morgan fingerprint density at radius 3 is 2.43 bits per heavy atom. The van der Waals surface area contributed by atoms with E-state index in [-0.39, 0.29) is 30.8 Å².